The molecule has 0 aromatic heterocycles. The molecule has 0 saturated heterocycles. The zero-order valence-electron chi connectivity index (χ0n) is 17.9. The Morgan fingerprint density at radius 3 is 2.43 bits per heavy atom. The molecule has 30 heavy (non-hydrogen) atoms. The van der Waals surface area contributed by atoms with E-state index in [2.05, 4.69) is 5.32 Å². The number of hydrogen-bond acceptors (Lipinski definition) is 5. The molecule has 0 unspecified atom stereocenters. The molecule has 0 fully saturated rings. The molecule has 7 nitrogen and oxygen atoms in total. The standard InChI is InChI=1S/C22H28N2O5S/c1-14(2)16(4)23-22(25)21-13-24(19-12-15(3)6-11-20(19)29-21)30(26,27)18-9-7-17(28-5)8-10-18/h6-12,14,16,21H,13H2,1-5H3,(H,23,25)/t16-,21+/m1/s1. The normalized spacial score (nSPS) is 17.1. The van der Waals surface area contributed by atoms with Gasteiger partial charge in [0, 0.05) is 6.04 Å². The Kier molecular flexibility index (Phi) is 6.26. The average Bonchev–Trinajstić information content (AvgIpc) is 2.72. The lowest BCUT2D eigenvalue weighted by atomic mass is 10.1. The molecular weight excluding hydrogens is 404 g/mol. The molecule has 1 amide bonds. The smallest absolute Gasteiger partial charge is 0.264 e. The number of rotatable bonds is 6. The van der Waals surface area contributed by atoms with Crippen LogP contribution < -0.4 is 19.1 Å². The number of benzene rings is 2. The summed E-state index contributed by atoms with van der Waals surface area (Å²) >= 11 is 0. The van der Waals surface area contributed by atoms with Gasteiger partial charge in [-0.25, -0.2) is 8.42 Å². The Morgan fingerprint density at radius 2 is 1.83 bits per heavy atom. The van der Waals surface area contributed by atoms with Gasteiger partial charge in [0.2, 0.25) is 0 Å². The minimum Gasteiger partial charge on any atom is -0.497 e. The van der Waals surface area contributed by atoms with Crippen molar-refractivity contribution in [1.82, 2.24) is 5.32 Å². The first-order chi connectivity index (χ1) is 14.1. The van der Waals surface area contributed by atoms with Gasteiger partial charge in [0.25, 0.3) is 15.9 Å². The molecule has 1 N–H and O–H groups in total. The number of sulfonamides is 1. The number of nitrogens with zero attached hydrogens (tertiary/aromatic N) is 1. The van der Waals surface area contributed by atoms with Crippen molar-refractivity contribution in [3.05, 3.63) is 48.0 Å². The maximum absolute atomic E-state index is 13.5. The maximum Gasteiger partial charge on any atom is 0.264 e. The van der Waals surface area contributed by atoms with E-state index in [1.54, 1.807) is 24.3 Å². The summed E-state index contributed by atoms with van der Waals surface area (Å²) in [6.45, 7) is 7.69. The Balaban J connectivity index is 1.99. The highest BCUT2D eigenvalue weighted by Crippen LogP contribution is 2.38. The Bertz CT molecular complexity index is 1020. The Morgan fingerprint density at radius 1 is 1.17 bits per heavy atom. The molecule has 162 valence electrons. The van der Waals surface area contributed by atoms with Crippen molar-refractivity contribution in [1.29, 1.82) is 0 Å². The van der Waals surface area contributed by atoms with Crippen LogP contribution in [0.1, 0.15) is 26.3 Å². The predicted molar refractivity (Wildman–Crippen MR) is 116 cm³/mol. The van der Waals surface area contributed by atoms with Crippen molar-refractivity contribution in [2.24, 2.45) is 5.92 Å². The summed E-state index contributed by atoms with van der Waals surface area (Å²) in [6, 6.07) is 11.4. The summed E-state index contributed by atoms with van der Waals surface area (Å²) in [4.78, 5) is 12.9. The fraction of sp³-hybridized carbons (Fsp3) is 0.409. The molecule has 8 heteroatoms. The van der Waals surface area contributed by atoms with E-state index in [0.717, 1.165) is 5.56 Å². The van der Waals surface area contributed by atoms with E-state index in [1.807, 2.05) is 33.8 Å². The summed E-state index contributed by atoms with van der Waals surface area (Å²) in [7, 11) is -2.39. The van der Waals surface area contributed by atoms with Crippen LogP contribution >= 0.6 is 0 Å². The van der Waals surface area contributed by atoms with Crippen molar-refractivity contribution < 1.29 is 22.7 Å². The van der Waals surface area contributed by atoms with Crippen LogP contribution in [0.25, 0.3) is 0 Å². The summed E-state index contributed by atoms with van der Waals surface area (Å²) < 4.78 is 39.2. The van der Waals surface area contributed by atoms with Crippen molar-refractivity contribution >= 4 is 21.6 Å². The first-order valence-corrected chi connectivity index (χ1v) is 11.3. The zero-order valence-corrected chi connectivity index (χ0v) is 18.7. The van der Waals surface area contributed by atoms with E-state index >= 15 is 0 Å². The lowest BCUT2D eigenvalue weighted by molar-refractivity contribution is -0.128. The van der Waals surface area contributed by atoms with E-state index < -0.39 is 16.1 Å². The van der Waals surface area contributed by atoms with Gasteiger partial charge in [0.15, 0.2) is 6.10 Å². The number of nitrogens with one attached hydrogen (secondary N) is 1. The molecule has 2 atom stereocenters. The molecule has 0 spiro atoms. The number of methoxy groups -OCH3 is 1. The largest absolute Gasteiger partial charge is 0.497 e. The number of hydrogen-bond donors (Lipinski definition) is 1. The van der Waals surface area contributed by atoms with Gasteiger partial charge in [-0.05, 0) is 61.7 Å². The fourth-order valence-electron chi connectivity index (χ4n) is 3.08. The quantitative estimate of drug-likeness (QED) is 0.758. The van der Waals surface area contributed by atoms with Crippen LogP contribution in [0.15, 0.2) is 47.4 Å². The Hall–Kier alpha value is -2.74. The number of carbonyl (C=O) groups is 1. The van der Waals surface area contributed by atoms with E-state index in [9.17, 15) is 13.2 Å². The van der Waals surface area contributed by atoms with Crippen molar-refractivity contribution in [2.45, 2.75) is 44.7 Å². The number of amides is 1. The molecular formula is C22H28N2O5S. The molecule has 0 aliphatic carbocycles. The summed E-state index contributed by atoms with van der Waals surface area (Å²) in [5.41, 5.74) is 1.32. The first-order valence-electron chi connectivity index (χ1n) is 9.88. The van der Waals surface area contributed by atoms with E-state index in [4.69, 9.17) is 9.47 Å². The molecule has 1 aliphatic rings. The third-order valence-electron chi connectivity index (χ3n) is 5.29. The van der Waals surface area contributed by atoms with Crippen LogP contribution in [0.5, 0.6) is 11.5 Å². The SMILES string of the molecule is COc1ccc(S(=O)(=O)N2C[C@@H](C(=O)N[C@H](C)C(C)C)Oc3ccc(C)cc32)cc1. The fourth-order valence-corrected chi connectivity index (χ4v) is 4.55. The average molecular weight is 433 g/mol. The van der Waals surface area contributed by atoms with E-state index in [0.29, 0.717) is 17.2 Å². The van der Waals surface area contributed by atoms with Crippen LogP contribution in [0.2, 0.25) is 0 Å². The maximum atomic E-state index is 13.5. The van der Waals surface area contributed by atoms with Crippen LogP contribution in [0, 0.1) is 12.8 Å². The number of fused-ring (bicyclic) bond motifs is 1. The predicted octanol–water partition coefficient (Wildman–Crippen LogP) is 3.12. The highest BCUT2D eigenvalue weighted by Gasteiger charge is 2.38. The van der Waals surface area contributed by atoms with E-state index in [1.165, 1.54) is 23.5 Å². The number of carbonyl (C=O) groups excluding carboxylic acids is 1. The van der Waals surface area contributed by atoms with Crippen LogP contribution in [0.4, 0.5) is 5.69 Å². The van der Waals surface area contributed by atoms with Gasteiger partial charge in [-0.2, -0.15) is 0 Å². The molecule has 1 heterocycles. The summed E-state index contributed by atoms with van der Waals surface area (Å²) in [5, 5.41) is 2.92. The van der Waals surface area contributed by atoms with Crippen LogP contribution in [0.3, 0.4) is 0 Å². The zero-order chi connectivity index (χ0) is 22.1. The second-order valence-corrected chi connectivity index (χ2v) is 9.69. The summed E-state index contributed by atoms with van der Waals surface area (Å²) in [5.74, 6) is 0.831. The van der Waals surface area contributed by atoms with Gasteiger partial charge < -0.3 is 14.8 Å². The monoisotopic (exact) mass is 432 g/mol. The molecule has 1 aliphatic heterocycles. The molecule has 0 radical (unpaired) electrons. The third-order valence-corrected chi connectivity index (χ3v) is 7.09. The lowest BCUT2D eigenvalue weighted by Gasteiger charge is -2.35. The minimum atomic E-state index is -3.91. The molecule has 0 bridgehead atoms. The van der Waals surface area contributed by atoms with E-state index in [-0.39, 0.29) is 29.3 Å². The van der Waals surface area contributed by atoms with Gasteiger partial charge in [-0.1, -0.05) is 19.9 Å². The molecule has 3 rings (SSSR count). The van der Waals surface area contributed by atoms with Gasteiger partial charge in [-0.3, -0.25) is 9.10 Å². The van der Waals surface area contributed by atoms with Crippen LogP contribution in [-0.4, -0.2) is 40.1 Å². The molecule has 2 aromatic carbocycles. The minimum absolute atomic E-state index is 0.0628. The lowest BCUT2D eigenvalue weighted by Crippen LogP contribution is -2.52. The van der Waals surface area contributed by atoms with Crippen molar-refractivity contribution in [2.75, 3.05) is 18.0 Å². The number of aryl methyl sites for hydroxylation is 1. The van der Waals surface area contributed by atoms with Gasteiger partial charge in [0.1, 0.15) is 11.5 Å². The molecule has 2 aromatic rings. The van der Waals surface area contributed by atoms with Crippen molar-refractivity contribution in [3.63, 3.8) is 0 Å². The van der Waals surface area contributed by atoms with Crippen molar-refractivity contribution in [3.8, 4) is 11.5 Å². The third kappa shape index (κ3) is 4.38. The van der Waals surface area contributed by atoms with Gasteiger partial charge in [-0.15, -0.1) is 0 Å². The van der Waals surface area contributed by atoms with Gasteiger partial charge in [0.05, 0.1) is 24.2 Å². The van der Waals surface area contributed by atoms with Crippen LogP contribution in [-0.2, 0) is 14.8 Å². The second kappa shape index (κ2) is 8.55. The van der Waals surface area contributed by atoms with Gasteiger partial charge >= 0.3 is 0 Å². The topological polar surface area (TPSA) is 84.9 Å². The highest BCUT2D eigenvalue weighted by atomic mass is 32.2. The first kappa shape index (κ1) is 22.0. The summed E-state index contributed by atoms with van der Waals surface area (Å²) in [6.07, 6.45) is -0.950. The Labute approximate surface area is 178 Å². The highest BCUT2D eigenvalue weighted by molar-refractivity contribution is 7.92. The second-order valence-electron chi connectivity index (χ2n) is 7.83. The number of anilines is 1. The molecule has 0 saturated carbocycles. The number of ether oxygens (including phenoxy) is 2.